The first-order chi connectivity index (χ1) is 18.3. The molecule has 0 bridgehead atoms. The van der Waals surface area contributed by atoms with Crippen LogP contribution in [0.4, 0.5) is 0 Å². The summed E-state index contributed by atoms with van der Waals surface area (Å²) in [6, 6.07) is -2.18. The molecule has 18 nitrogen and oxygen atoms in total. The second kappa shape index (κ2) is 15.5. The van der Waals surface area contributed by atoms with Gasteiger partial charge in [0, 0.05) is 31.3 Å². The third-order valence-corrected chi connectivity index (χ3v) is 5.57. The zero-order valence-corrected chi connectivity index (χ0v) is 20.5. The first-order valence-corrected chi connectivity index (χ1v) is 11.4. The van der Waals surface area contributed by atoms with Gasteiger partial charge in [0.15, 0.2) is 18.4 Å². The smallest absolute Gasteiger partial charge is 0.335 e. The Bertz CT molecular complexity index is 1060. The van der Waals surface area contributed by atoms with Crippen molar-refractivity contribution in [3.05, 3.63) is 18.2 Å². The van der Waals surface area contributed by atoms with Crippen LogP contribution in [0.5, 0.6) is 0 Å². The molecule has 3 rings (SSSR count). The lowest BCUT2D eigenvalue weighted by atomic mass is 10.1. The minimum atomic E-state index is -2.27. The van der Waals surface area contributed by atoms with Gasteiger partial charge in [-0.2, -0.15) is 5.26 Å². The first kappa shape index (κ1) is 32.3. The van der Waals surface area contributed by atoms with Gasteiger partial charge in [0.05, 0.1) is 6.33 Å². The van der Waals surface area contributed by atoms with Gasteiger partial charge in [-0.1, -0.05) is 0 Å². The number of carboxylic acids is 2. The van der Waals surface area contributed by atoms with E-state index >= 15 is 0 Å². The predicted octanol–water partition coefficient (Wildman–Crippen LogP) is -4.50. The van der Waals surface area contributed by atoms with Crippen LogP contribution in [0.2, 0.25) is 0 Å². The quantitative estimate of drug-likeness (QED) is 0.103. The number of nitrogens with one attached hydrogen (secondary N) is 3. The van der Waals surface area contributed by atoms with Crippen LogP contribution in [0.3, 0.4) is 0 Å². The Balaban J connectivity index is 0.000000491. The molecule has 18 heteroatoms. The van der Waals surface area contributed by atoms with Crippen molar-refractivity contribution >= 4 is 35.6 Å². The number of nitrogens with zero attached hydrogens (tertiary/aromatic N) is 3. The number of hydrogen-bond acceptors (Lipinski definition) is 11. The van der Waals surface area contributed by atoms with Crippen LogP contribution in [0.15, 0.2) is 12.5 Å². The van der Waals surface area contributed by atoms with Gasteiger partial charge in [0.2, 0.25) is 23.6 Å². The second-order valence-electron chi connectivity index (χ2n) is 8.29. The highest BCUT2D eigenvalue weighted by atomic mass is 16.4. The van der Waals surface area contributed by atoms with E-state index in [9.17, 15) is 28.8 Å². The molecule has 0 aromatic carbocycles. The Kier molecular flexibility index (Phi) is 12.8. The summed E-state index contributed by atoms with van der Waals surface area (Å²) in [6.45, 7) is 0.419. The summed E-state index contributed by atoms with van der Waals surface area (Å²) < 4.78 is 0. The molecule has 4 amide bonds. The summed E-state index contributed by atoms with van der Waals surface area (Å²) in [5.41, 5.74) is 10.2. The minimum Gasteiger partial charge on any atom is -0.479 e. The molecule has 11 N–H and O–H groups in total. The van der Waals surface area contributed by atoms with E-state index < -0.39 is 54.1 Å². The number of aromatic nitrogens is 2. The number of imidazole rings is 1. The monoisotopic (exact) mass is 554 g/mol. The summed E-state index contributed by atoms with van der Waals surface area (Å²) in [5.74, 6) is -5.05. The number of H-pyrrole nitrogens is 1. The molecule has 1 aromatic rings. The molecular formula is C21H30N8O10. The van der Waals surface area contributed by atoms with Gasteiger partial charge in [0.25, 0.3) is 0 Å². The number of carbonyl (C=O) groups excluding carboxylic acids is 4. The van der Waals surface area contributed by atoms with E-state index in [1.54, 1.807) is 6.20 Å². The SMILES string of the molecule is N#CN.NC(=O)[C@@H]1CCCN1C(=O)[C@H](Cc1cnc[nH]1)NC(=O)[C@@H]1CCC(=O)N1.O=C(O)C(O)C(O)C(=O)O. The molecule has 2 unspecified atom stereocenters. The summed E-state index contributed by atoms with van der Waals surface area (Å²) >= 11 is 0. The van der Waals surface area contributed by atoms with Crippen molar-refractivity contribution in [3.63, 3.8) is 0 Å². The van der Waals surface area contributed by atoms with Crippen LogP contribution in [0.25, 0.3) is 0 Å². The number of aromatic amines is 1. The third-order valence-electron chi connectivity index (χ3n) is 5.57. The Hall–Kier alpha value is -4.76. The number of carbonyl (C=O) groups is 6. The molecule has 2 aliphatic rings. The average Bonchev–Trinajstić information content (AvgIpc) is 3.65. The Morgan fingerprint density at radius 3 is 2.21 bits per heavy atom. The van der Waals surface area contributed by atoms with Crippen molar-refractivity contribution in [2.45, 2.75) is 62.4 Å². The van der Waals surface area contributed by atoms with Crippen molar-refractivity contribution in [2.75, 3.05) is 6.54 Å². The van der Waals surface area contributed by atoms with Gasteiger partial charge in [-0.05, 0) is 19.3 Å². The van der Waals surface area contributed by atoms with Gasteiger partial charge < -0.3 is 52.4 Å². The van der Waals surface area contributed by atoms with E-state index in [4.69, 9.17) is 31.4 Å². The fourth-order valence-corrected chi connectivity index (χ4v) is 3.70. The zero-order valence-electron chi connectivity index (χ0n) is 20.5. The summed E-state index contributed by atoms with van der Waals surface area (Å²) in [5, 5.41) is 44.9. The lowest BCUT2D eigenvalue weighted by Gasteiger charge is -2.28. The largest absolute Gasteiger partial charge is 0.479 e. The fourth-order valence-electron chi connectivity index (χ4n) is 3.70. The molecule has 2 saturated heterocycles. The number of nitriles is 1. The van der Waals surface area contributed by atoms with Crippen molar-refractivity contribution in [3.8, 4) is 6.19 Å². The van der Waals surface area contributed by atoms with Crippen molar-refractivity contribution in [1.29, 1.82) is 5.26 Å². The number of nitrogens with two attached hydrogens (primary N) is 2. The standard InChI is InChI=1S/C16H22N6O4.C4H6O6.CH2N2/c17-14(24)12-2-1-5-22(12)16(26)11(6-9-7-18-8-19-9)21-15(25)10-3-4-13(23)20-10;5-1(3(7)8)2(6)4(9)10;2-1-3/h7-8,10-12H,1-6H2,(H2,17,24)(H,18,19)(H,20,23)(H,21,25);1-2,5-6H,(H,7,8)(H,9,10);2H2/t10-,11-,12-;;/m0../s1. The van der Waals surface area contributed by atoms with E-state index in [2.05, 4.69) is 26.3 Å². The van der Waals surface area contributed by atoms with Gasteiger partial charge in [-0.3, -0.25) is 19.2 Å². The number of aliphatic hydroxyl groups excluding tert-OH is 2. The molecule has 0 aliphatic carbocycles. The maximum atomic E-state index is 13.0. The molecule has 5 atom stereocenters. The van der Waals surface area contributed by atoms with Crippen LogP contribution in [-0.4, -0.2) is 108 Å². The van der Waals surface area contributed by atoms with Crippen LogP contribution in [0, 0.1) is 11.5 Å². The van der Waals surface area contributed by atoms with Gasteiger partial charge in [-0.25, -0.2) is 14.6 Å². The summed E-state index contributed by atoms with van der Waals surface area (Å²) in [7, 11) is 0. The number of primary amides is 1. The van der Waals surface area contributed by atoms with Crippen LogP contribution in [0.1, 0.15) is 31.4 Å². The highest BCUT2D eigenvalue weighted by Gasteiger charge is 2.38. The molecule has 1 aromatic heterocycles. The van der Waals surface area contributed by atoms with Gasteiger partial charge in [0.1, 0.15) is 18.1 Å². The van der Waals surface area contributed by atoms with E-state index in [0.717, 1.165) is 0 Å². The number of likely N-dealkylation sites (tertiary alicyclic amines) is 1. The molecule has 214 valence electrons. The van der Waals surface area contributed by atoms with Gasteiger partial charge >= 0.3 is 11.9 Å². The molecule has 0 saturated carbocycles. The lowest BCUT2D eigenvalue weighted by molar-refractivity contribution is -0.165. The number of hydrogen-bond donors (Lipinski definition) is 9. The van der Waals surface area contributed by atoms with E-state index in [0.29, 0.717) is 31.5 Å². The fraction of sp³-hybridized carbons (Fsp3) is 0.524. The van der Waals surface area contributed by atoms with Crippen molar-refractivity contribution in [2.24, 2.45) is 11.5 Å². The molecule has 2 aliphatic heterocycles. The lowest BCUT2D eigenvalue weighted by Crippen LogP contribution is -2.56. The third kappa shape index (κ3) is 9.90. The zero-order chi connectivity index (χ0) is 29.7. The topological polar surface area (TPSA) is 315 Å². The number of aliphatic carboxylic acids is 2. The highest BCUT2D eigenvalue weighted by Crippen LogP contribution is 2.19. The molecule has 0 radical (unpaired) electrons. The number of aliphatic hydroxyl groups is 2. The summed E-state index contributed by atoms with van der Waals surface area (Å²) in [4.78, 5) is 76.2. The van der Waals surface area contributed by atoms with Crippen molar-refractivity contribution in [1.82, 2.24) is 25.5 Å². The maximum absolute atomic E-state index is 13.0. The van der Waals surface area contributed by atoms with E-state index in [-0.39, 0.29) is 24.7 Å². The first-order valence-electron chi connectivity index (χ1n) is 11.4. The Labute approximate surface area is 221 Å². The van der Waals surface area contributed by atoms with Gasteiger partial charge in [-0.15, -0.1) is 0 Å². The number of amides is 4. The minimum absolute atomic E-state index is 0.185. The van der Waals surface area contributed by atoms with E-state index in [1.165, 1.54) is 17.4 Å². The van der Waals surface area contributed by atoms with Crippen LogP contribution in [-0.2, 0) is 35.2 Å². The second-order valence-corrected chi connectivity index (χ2v) is 8.29. The molecule has 2 fully saturated rings. The normalized spacial score (nSPS) is 19.9. The Morgan fingerprint density at radius 2 is 1.77 bits per heavy atom. The van der Waals surface area contributed by atoms with E-state index in [1.807, 2.05) is 0 Å². The van der Waals surface area contributed by atoms with Crippen molar-refractivity contribution < 1.29 is 49.2 Å². The maximum Gasteiger partial charge on any atom is 0.335 e. The molecular weight excluding hydrogens is 524 g/mol. The molecule has 0 spiro atoms. The summed E-state index contributed by atoms with van der Waals surface area (Å²) in [6.07, 6.45) is 1.85. The van der Waals surface area contributed by atoms with Crippen LogP contribution < -0.4 is 22.1 Å². The highest BCUT2D eigenvalue weighted by molar-refractivity contribution is 5.95. The molecule has 39 heavy (non-hydrogen) atoms. The molecule has 3 heterocycles. The Morgan fingerprint density at radius 1 is 1.18 bits per heavy atom. The predicted molar refractivity (Wildman–Crippen MR) is 126 cm³/mol. The van der Waals surface area contributed by atoms with Crippen LogP contribution >= 0.6 is 0 Å². The number of carboxylic acid groups (broad SMARTS) is 2. The number of rotatable bonds is 9. The average molecular weight is 555 g/mol.